The maximum absolute atomic E-state index is 14.1. The molecule has 0 saturated carbocycles. The van der Waals surface area contributed by atoms with Crippen molar-refractivity contribution in [3.63, 3.8) is 0 Å². The molecule has 1 saturated heterocycles. The number of methoxy groups -OCH3 is 1. The zero-order chi connectivity index (χ0) is 21.8. The van der Waals surface area contributed by atoms with Crippen LogP contribution in [-0.4, -0.2) is 41.1 Å². The van der Waals surface area contributed by atoms with E-state index in [-0.39, 0.29) is 23.8 Å². The number of benzene rings is 2. The molecule has 2 aromatic carbocycles. The molecule has 3 aromatic rings. The molecule has 162 valence electrons. The van der Waals surface area contributed by atoms with Gasteiger partial charge in [-0.3, -0.25) is 4.79 Å². The molecular weight excluding hydrogens is 401 g/mol. The number of piperidine rings is 1. The Bertz CT molecular complexity index is 1060. The maximum Gasteiger partial charge on any atom is 0.264 e. The summed E-state index contributed by atoms with van der Waals surface area (Å²) in [5.74, 6) is 0.947. The van der Waals surface area contributed by atoms with E-state index in [0.29, 0.717) is 24.8 Å². The van der Waals surface area contributed by atoms with Gasteiger partial charge in [0.2, 0.25) is 0 Å². The average molecular weight is 425 g/mol. The van der Waals surface area contributed by atoms with Crippen molar-refractivity contribution in [2.75, 3.05) is 20.2 Å². The third kappa shape index (κ3) is 4.52. The largest absolute Gasteiger partial charge is 0.494 e. The Morgan fingerprint density at radius 2 is 2.06 bits per heavy atom. The van der Waals surface area contributed by atoms with Crippen molar-refractivity contribution in [1.29, 1.82) is 0 Å². The fourth-order valence-corrected chi connectivity index (χ4v) is 3.80. The van der Waals surface area contributed by atoms with Gasteiger partial charge in [0.1, 0.15) is 5.75 Å². The summed E-state index contributed by atoms with van der Waals surface area (Å²) >= 11 is 0. The number of para-hydroxylation sites is 1. The summed E-state index contributed by atoms with van der Waals surface area (Å²) < 4.78 is 30.0. The van der Waals surface area contributed by atoms with Gasteiger partial charge in [-0.05, 0) is 43.2 Å². The lowest BCUT2D eigenvalue weighted by Crippen LogP contribution is -2.47. The minimum absolute atomic E-state index is 0.108. The normalized spacial score (nSPS) is 18.6. The smallest absolute Gasteiger partial charge is 0.264 e. The highest BCUT2D eigenvalue weighted by atomic mass is 19.1. The standard InChI is InChI=1S/C23H24FN3O4/c1-23(22-25-20(31-26-22)14-30-17-7-4-3-5-8-17)11-6-12-27(15-23)21(28)16-9-10-19(29-2)18(24)13-16/h3-5,7-10,13H,6,11-12,14-15H2,1-2H3. The second-order valence-electron chi connectivity index (χ2n) is 7.85. The van der Waals surface area contributed by atoms with Crippen LogP contribution < -0.4 is 9.47 Å². The predicted octanol–water partition coefficient (Wildman–Crippen LogP) is 3.99. The number of likely N-dealkylation sites (tertiary alicyclic amines) is 1. The van der Waals surface area contributed by atoms with Crippen molar-refractivity contribution >= 4 is 5.91 Å². The fraction of sp³-hybridized carbons (Fsp3) is 0.348. The molecule has 1 amide bonds. The van der Waals surface area contributed by atoms with E-state index in [9.17, 15) is 9.18 Å². The first-order valence-electron chi connectivity index (χ1n) is 10.1. The summed E-state index contributed by atoms with van der Waals surface area (Å²) in [6.45, 7) is 3.18. The Balaban J connectivity index is 1.45. The lowest BCUT2D eigenvalue weighted by atomic mass is 9.81. The van der Waals surface area contributed by atoms with Crippen LogP contribution in [0.15, 0.2) is 53.1 Å². The van der Waals surface area contributed by atoms with Crippen LogP contribution in [0.4, 0.5) is 4.39 Å². The van der Waals surface area contributed by atoms with E-state index in [4.69, 9.17) is 14.0 Å². The molecule has 0 spiro atoms. The van der Waals surface area contributed by atoms with Gasteiger partial charge >= 0.3 is 0 Å². The summed E-state index contributed by atoms with van der Waals surface area (Å²) in [5.41, 5.74) is -0.180. The lowest BCUT2D eigenvalue weighted by Gasteiger charge is -2.38. The highest BCUT2D eigenvalue weighted by Gasteiger charge is 2.38. The third-order valence-corrected chi connectivity index (χ3v) is 5.50. The summed E-state index contributed by atoms with van der Waals surface area (Å²) in [5, 5.41) is 4.15. The van der Waals surface area contributed by atoms with Crippen molar-refractivity contribution in [3.05, 3.63) is 71.6 Å². The molecule has 7 nitrogen and oxygen atoms in total. The predicted molar refractivity (Wildman–Crippen MR) is 111 cm³/mol. The second-order valence-corrected chi connectivity index (χ2v) is 7.85. The number of rotatable bonds is 6. The van der Waals surface area contributed by atoms with Crippen molar-refractivity contribution in [1.82, 2.24) is 15.0 Å². The van der Waals surface area contributed by atoms with Crippen LogP contribution in [0.2, 0.25) is 0 Å². The highest BCUT2D eigenvalue weighted by molar-refractivity contribution is 5.94. The Labute approximate surface area is 179 Å². The van der Waals surface area contributed by atoms with E-state index >= 15 is 0 Å². The number of aromatic nitrogens is 2. The Kier molecular flexibility index (Phi) is 5.88. The first kappa shape index (κ1) is 20.8. The van der Waals surface area contributed by atoms with Crippen molar-refractivity contribution in [3.8, 4) is 11.5 Å². The topological polar surface area (TPSA) is 77.7 Å². The molecule has 31 heavy (non-hydrogen) atoms. The Hall–Kier alpha value is -3.42. The zero-order valence-corrected chi connectivity index (χ0v) is 17.5. The number of hydrogen-bond acceptors (Lipinski definition) is 6. The minimum Gasteiger partial charge on any atom is -0.494 e. The summed E-state index contributed by atoms with van der Waals surface area (Å²) in [7, 11) is 1.39. The van der Waals surface area contributed by atoms with Crippen LogP contribution in [0.3, 0.4) is 0 Å². The van der Waals surface area contributed by atoms with E-state index < -0.39 is 11.2 Å². The molecule has 0 radical (unpaired) electrons. The van der Waals surface area contributed by atoms with Gasteiger partial charge in [0.25, 0.3) is 11.8 Å². The zero-order valence-electron chi connectivity index (χ0n) is 17.5. The number of ether oxygens (including phenoxy) is 2. The van der Waals surface area contributed by atoms with Gasteiger partial charge in [0, 0.05) is 24.1 Å². The molecule has 1 aromatic heterocycles. The minimum atomic E-state index is -0.561. The molecule has 1 aliphatic rings. The molecule has 0 N–H and O–H groups in total. The molecule has 0 aliphatic carbocycles. The number of halogens is 1. The van der Waals surface area contributed by atoms with Crippen LogP contribution in [0.1, 0.15) is 41.8 Å². The Morgan fingerprint density at radius 3 is 2.81 bits per heavy atom. The maximum atomic E-state index is 14.1. The van der Waals surface area contributed by atoms with Crippen molar-refractivity contribution in [2.24, 2.45) is 0 Å². The van der Waals surface area contributed by atoms with Crippen LogP contribution in [0.5, 0.6) is 11.5 Å². The molecule has 2 heterocycles. The monoisotopic (exact) mass is 425 g/mol. The van der Waals surface area contributed by atoms with E-state index in [0.717, 1.165) is 18.6 Å². The lowest BCUT2D eigenvalue weighted by molar-refractivity contribution is 0.0641. The molecule has 1 atom stereocenters. The second kappa shape index (κ2) is 8.75. The number of carbonyl (C=O) groups excluding carboxylic acids is 1. The van der Waals surface area contributed by atoms with Gasteiger partial charge in [-0.15, -0.1) is 0 Å². The summed E-state index contributed by atoms with van der Waals surface area (Å²) in [6.07, 6.45) is 1.59. The van der Waals surface area contributed by atoms with Gasteiger partial charge in [0.15, 0.2) is 24.0 Å². The number of hydrogen-bond donors (Lipinski definition) is 0. The van der Waals surface area contributed by atoms with E-state index in [1.165, 1.54) is 19.2 Å². The van der Waals surface area contributed by atoms with E-state index in [1.807, 2.05) is 37.3 Å². The van der Waals surface area contributed by atoms with Crippen LogP contribution in [0.25, 0.3) is 0 Å². The Morgan fingerprint density at radius 1 is 1.26 bits per heavy atom. The third-order valence-electron chi connectivity index (χ3n) is 5.50. The van der Waals surface area contributed by atoms with Gasteiger partial charge in [0.05, 0.1) is 7.11 Å². The molecule has 4 rings (SSSR count). The molecule has 1 fully saturated rings. The van der Waals surface area contributed by atoms with Crippen molar-refractivity contribution in [2.45, 2.75) is 31.8 Å². The van der Waals surface area contributed by atoms with Crippen LogP contribution in [0, 0.1) is 5.82 Å². The molecule has 8 heteroatoms. The van der Waals surface area contributed by atoms with Gasteiger partial charge in [-0.1, -0.05) is 30.3 Å². The fourth-order valence-electron chi connectivity index (χ4n) is 3.80. The number of amides is 1. The van der Waals surface area contributed by atoms with Gasteiger partial charge in [-0.25, -0.2) is 4.39 Å². The summed E-state index contributed by atoms with van der Waals surface area (Å²) in [4.78, 5) is 19.2. The highest BCUT2D eigenvalue weighted by Crippen LogP contribution is 2.33. The first-order chi connectivity index (χ1) is 15.0. The van der Waals surface area contributed by atoms with E-state index in [2.05, 4.69) is 10.1 Å². The van der Waals surface area contributed by atoms with Crippen molar-refractivity contribution < 1.29 is 23.2 Å². The molecular formula is C23H24FN3O4. The molecule has 0 bridgehead atoms. The first-order valence-corrected chi connectivity index (χ1v) is 10.1. The molecule has 1 aliphatic heterocycles. The van der Waals surface area contributed by atoms with Gasteiger partial charge in [-0.2, -0.15) is 4.98 Å². The van der Waals surface area contributed by atoms with Crippen LogP contribution in [-0.2, 0) is 12.0 Å². The van der Waals surface area contributed by atoms with E-state index in [1.54, 1.807) is 11.0 Å². The average Bonchev–Trinajstić information content (AvgIpc) is 3.28. The van der Waals surface area contributed by atoms with Crippen LogP contribution >= 0.6 is 0 Å². The summed E-state index contributed by atoms with van der Waals surface area (Å²) in [6, 6.07) is 13.6. The van der Waals surface area contributed by atoms with Gasteiger partial charge < -0.3 is 18.9 Å². The SMILES string of the molecule is COc1ccc(C(=O)N2CCCC(C)(c3noc(COc4ccccc4)n3)C2)cc1F. The number of nitrogens with zero attached hydrogens (tertiary/aromatic N) is 3. The number of carbonyl (C=O) groups is 1. The quantitative estimate of drug-likeness (QED) is 0.594. The molecule has 1 unspecified atom stereocenters.